The van der Waals surface area contributed by atoms with Gasteiger partial charge in [-0.3, -0.25) is 4.79 Å². The van der Waals surface area contributed by atoms with Crippen molar-refractivity contribution in [3.05, 3.63) is 84.3 Å². The zero-order valence-electron chi connectivity index (χ0n) is 13.5. The maximum absolute atomic E-state index is 12.0. The summed E-state index contributed by atoms with van der Waals surface area (Å²) in [7, 11) is 0. The van der Waals surface area contributed by atoms with Gasteiger partial charge in [-0.25, -0.2) is 0 Å². The Bertz CT molecular complexity index is 1100. The van der Waals surface area contributed by atoms with Crippen molar-refractivity contribution < 1.29 is 4.79 Å². The predicted octanol–water partition coefficient (Wildman–Crippen LogP) is 4.45. The fraction of sp³-hybridized carbons (Fsp3) is 0. The number of carbonyl (C=O) groups is 1. The van der Waals surface area contributed by atoms with Gasteiger partial charge in [0.2, 0.25) is 5.91 Å². The molecule has 2 heterocycles. The van der Waals surface area contributed by atoms with Crippen LogP contribution < -0.4 is 5.32 Å². The first-order valence-corrected chi connectivity index (χ1v) is 8.08. The van der Waals surface area contributed by atoms with E-state index >= 15 is 0 Å². The lowest BCUT2D eigenvalue weighted by Crippen LogP contribution is -2.12. The van der Waals surface area contributed by atoms with Crippen molar-refractivity contribution >= 4 is 39.9 Å². The van der Waals surface area contributed by atoms with Gasteiger partial charge in [-0.2, -0.15) is 0 Å². The van der Waals surface area contributed by atoms with Gasteiger partial charge in [0.25, 0.3) is 0 Å². The molecule has 1 amide bonds. The zero-order valence-corrected chi connectivity index (χ0v) is 13.5. The van der Waals surface area contributed by atoms with Gasteiger partial charge in [0.05, 0.1) is 0 Å². The third kappa shape index (κ3) is 3.10. The number of amides is 1. The van der Waals surface area contributed by atoms with Crippen molar-refractivity contribution in [1.82, 2.24) is 15.3 Å². The van der Waals surface area contributed by atoms with Gasteiger partial charge >= 0.3 is 0 Å². The minimum atomic E-state index is -0.165. The second-order valence-corrected chi connectivity index (χ2v) is 5.75. The van der Waals surface area contributed by atoms with Crippen LogP contribution in [0, 0.1) is 0 Å². The van der Waals surface area contributed by atoms with Gasteiger partial charge in [0, 0.05) is 52.0 Å². The van der Waals surface area contributed by atoms with Crippen LogP contribution in [0.1, 0.15) is 11.1 Å². The van der Waals surface area contributed by atoms with Crippen molar-refractivity contribution in [1.29, 1.82) is 0 Å². The molecule has 0 bridgehead atoms. The largest absolute Gasteiger partial charge is 0.361 e. The lowest BCUT2D eigenvalue weighted by molar-refractivity contribution is -0.115. The highest BCUT2D eigenvalue weighted by molar-refractivity contribution is 5.97. The molecule has 0 aliphatic heterocycles. The van der Waals surface area contributed by atoms with Crippen LogP contribution >= 0.6 is 0 Å². The molecule has 4 heteroatoms. The number of rotatable bonds is 4. The number of aromatic amines is 2. The molecule has 0 unspecified atom stereocenters. The second kappa shape index (κ2) is 6.53. The van der Waals surface area contributed by atoms with Crippen LogP contribution in [0.4, 0.5) is 0 Å². The Morgan fingerprint density at radius 1 is 0.800 bits per heavy atom. The average molecular weight is 327 g/mol. The summed E-state index contributed by atoms with van der Waals surface area (Å²) in [6.07, 6.45) is 10.7. The molecule has 0 aliphatic rings. The summed E-state index contributed by atoms with van der Waals surface area (Å²) in [4.78, 5) is 18.4. The van der Waals surface area contributed by atoms with Gasteiger partial charge < -0.3 is 15.3 Å². The summed E-state index contributed by atoms with van der Waals surface area (Å²) in [5.74, 6) is -0.165. The highest BCUT2D eigenvalue weighted by Crippen LogP contribution is 2.19. The summed E-state index contributed by atoms with van der Waals surface area (Å²) >= 11 is 0. The second-order valence-electron chi connectivity index (χ2n) is 5.75. The molecule has 25 heavy (non-hydrogen) atoms. The molecular formula is C21H17N3O. The molecule has 0 saturated heterocycles. The Hall–Kier alpha value is -3.53. The number of fused-ring (bicyclic) bond motifs is 2. The fourth-order valence-corrected chi connectivity index (χ4v) is 2.89. The van der Waals surface area contributed by atoms with Crippen LogP contribution in [0.2, 0.25) is 0 Å². The predicted molar refractivity (Wildman–Crippen MR) is 103 cm³/mol. The van der Waals surface area contributed by atoms with E-state index in [9.17, 15) is 4.79 Å². The quantitative estimate of drug-likeness (QED) is 0.477. The van der Waals surface area contributed by atoms with Crippen LogP contribution in [-0.4, -0.2) is 15.9 Å². The molecule has 0 radical (unpaired) electrons. The first-order valence-electron chi connectivity index (χ1n) is 8.08. The van der Waals surface area contributed by atoms with E-state index in [1.165, 1.54) is 6.08 Å². The van der Waals surface area contributed by atoms with E-state index in [0.29, 0.717) is 0 Å². The molecule has 122 valence electrons. The van der Waals surface area contributed by atoms with Gasteiger partial charge in [0.15, 0.2) is 0 Å². The van der Waals surface area contributed by atoms with Crippen LogP contribution in [0.5, 0.6) is 0 Å². The number of hydrogen-bond donors (Lipinski definition) is 3. The number of aromatic nitrogens is 2. The molecule has 4 rings (SSSR count). The van der Waals surface area contributed by atoms with Gasteiger partial charge in [-0.15, -0.1) is 0 Å². The maximum atomic E-state index is 12.0. The Kier molecular flexibility index (Phi) is 3.92. The van der Waals surface area contributed by atoms with E-state index in [4.69, 9.17) is 0 Å². The highest BCUT2D eigenvalue weighted by atomic mass is 16.1. The molecular weight excluding hydrogens is 310 g/mol. The summed E-state index contributed by atoms with van der Waals surface area (Å²) < 4.78 is 0. The van der Waals surface area contributed by atoms with E-state index < -0.39 is 0 Å². The van der Waals surface area contributed by atoms with Crippen LogP contribution in [-0.2, 0) is 4.79 Å². The summed E-state index contributed by atoms with van der Waals surface area (Å²) in [6, 6.07) is 16.1. The number of H-pyrrole nitrogens is 2. The minimum Gasteiger partial charge on any atom is -0.361 e. The number of para-hydroxylation sites is 2. The van der Waals surface area contributed by atoms with Crippen molar-refractivity contribution in [3.63, 3.8) is 0 Å². The van der Waals surface area contributed by atoms with Crippen molar-refractivity contribution in [3.8, 4) is 0 Å². The Labute approximate surface area is 144 Å². The molecule has 4 nitrogen and oxygen atoms in total. The molecule has 2 aromatic heterocycles. The monoisotopic (exact) mass is 327 g/mol. The van der Waals surface area contributed by atoms with E-state index in [0.717, 1.165) is 32.9 Å². The molecule has 2 aromatic carbocycles. The fourth-order valence-electron chi connectivity index (χ4n) is 2.89. The first-order chi connectivity index (χ1) is 12.3. The summed E-state index contributed by atoms with van der Waals surface area (Å²) in [5.41, 5.74) is 4.16. The number of carbonyl (C=O) groups excluding carboxylic acids is 1. The number of nitrogens with one attached hydrogen (secondary N) is 3. The average Bonchev–Trinajstić information content (AvgIpc) is 3.24. The van der Waals surface area contributed by atoms with E-state index in [2.05, 4.69) is 15.3 Å². The minimum absolute atomic E-state index is 0.165. The van der Waals surface area contributed by atoms with Gasteiger partial charge in [0.1, 0.15) is 0 Å². The van der Waals surface area contributed by atoms with E-state index in [1.807, 2.05) is 73.1 Å². The molecule has 0 saturated carbocycles. The lowest BCUT2D eigenvalue weighted by atomic mass is 10.1. The van der Waals surface area contributed by atoms with E-state index in [1.54, 1.807) is 6.20 Å². The molecule has 0 atom stereocenters. The zero-order chi connectivity index (χ0) is 17.1. The summed E-state index contributed by atoms with van der Waals surface area (Å²) in [6.45, 7) is 0. The smallest absolute Gasteiger partial charge is 0.247 e. The maximum Gasteiger partial charge on any atom is 0.247 e. The van der Waals surface area contributed by atoms with Crippen molar-refractivity contribution in [2.24, 2.45) is 0 Å². The summed E-state index contributed by atoms with van der Waals surface area (Å²) in [5, 5.41) is 4.99. The third-order valence-electron chi connectivity index (χ3n) is 4.15. The normalized spacial score (nSPS) is 11.8. The van der Waals surface area contributed by atoms with Crippen LogP contribution in [0.25, 0.3) is 34.0 Å². The van der Waals surface area contributed by atoms with E-state index in [-0.39, 0.29) is 5.91 Å². The Morgan fingerprint density at radius 2 is 1.36 bits per heavy atom. The van der Waals surface area contributed by atoms with Crippen molar-refractivity contribution in [2.45, 2.75) is 0 Å². The topological polar surface area (TPSA) is 60.7 Å². The highest BCUT2D eigenvalue weighted by Gasteiger charge is 2.01. The molecule has 4 aromatic rings. The third-order valence-corrected chi connectivity index (χ3v) is 4.15. The Morgan fingerprint density at radius 3 is 2.00 bits per heavy atom. The van der Waals surface area contributed by atoms with Crippen LogP contribution in [0.3, 0.4) is 0 Å². The Balaban J connectivity index is 1.44. The molecule has 3 N–H and O–H groups in total. The first kappa shape index (κ1) is 15.0. The molecule has 0 aliphatic carbocycles. The number of hydrogen-bond acceptors (Lipinski definition) is 1. The van der Waals surface area contributed by atoms with Gasteiger partial charge in [-0.1, -0.05) is 36.4 Å². The van der Waals surface area contributed by atoms with Crippen LogP contribution in [0.15, 0.2) is 73.2 Å². The standard InChI is InChI=1S/C21H17N3O/c25-21(10-9-15-13-23-19-7-3-1-5-17(15)19)22-12-11-16-14-24-20-8-4-2-6-18(16)20/h1-14,23-24H,(H,22,25). The van der Waals surface area contributed by atoms with Gasteiger partial charge in [-0.05, 0) is 29.8 Å². The molecule has 0 spiro atoms. The molecule has 0 fully saturated rings. The van der Waals surface area contributed by atoms with Crippen molar-refractivity contribution in [2.75, 3.05) is 0 Å². The lowest BCUT2D eigenvalue weighted by Gasteiger charge is -1.94. The number of benzene rings is 2. The SMILES string of the molecule is O=C(C=Cc1c[nH]c2ccccc12)NC=Cc1c[nH]c2ccccc12.